The molecule has 0 saturated carbocycles. The van der Waals surface area contributed by atoms with Crippen LogP contribution in [0, 0.1) is 13.8 Å². The van der Waals surface area contributed by atoms with Gasteiger partial charge >= 0.3 is 0 Å². The van der Waals surface area contributed by atoms with Crippen molar-refractivity contribution in [1.29, 1.82) is 0 Å². The molecule has 0 aliphatic rings. The third-order valence-corrected chi connectivity index (χ3v) is 3.50. The maximum atomic E-state index is 12.0. The number of carbonyl (C=O) groups excluding carboxylic acids is 1. The molecule has 0 unspecified atom stereocenters. The quantitative estimate of drug-likeness (QED) is 0.791. The second-order valence-corrected chi connectivity index (χ2v) is 5.62. The fourth-order valence-corrected chi connectivity index (χ4v) is 2.19. The maximum Gasteiger partial charge on any atom is 0.241 e. The number of aromatic nitrogens is 2. The number of carbonyl (C=O) groups is 1. The number of nitrogens with zero attached hydrogens (tertiary/aromatic N) is 4. The minimum absolute atomic E-state index is 0.00244. The van der Waals surface area contributed by atoms with Gasteiger partial charge in [0.05, 0.1) is 17.8 Å². The van der Waals surface area contributed by atoms with Gasteiger partial charge in [-0.25, -0.2) is 0 Å². The zero-order valence-corrected chi connectivity index (χ0v) is 14.1. The monoisotopic (exact) mass is 309 g/mol. The molecule has 0 aliphatic heterocycles. The van der Waals surface area contributed by atoms with Gasteiger partial charge in [-0.1, -0.05) is 19.1 Å². The number of likely N-dealkylation sites (N-methyl/N-ethyl adjacent to an activating group) is 1. The first-order valence-electron chi connectivity index (χ1n) is 6.88. The maximum absolute atomic E-state index is 12.0. The van der Waals surface area contributed by atoms with Gasteiger partial charge in [-0.2, -0.15) is 5.10 Å². The molecule has 0 bridgehead atoms. The van der Waals surface area contributed by atoms with Crippen LogP contribution in [-0.2, 0) is 4.79 Å². The molecule has 0 atom stereocenters. The third-order valence-electron chi connectivity index (χ3n) is 3.30. The van der Waals surface area contributed by atoms with Crippen LogP contribution in [0.25, 0.3) is 0 Å². The largest absolute Gasteiger partial charge is 0.389 e. The fourth-order valence-electron chi connectivity index (χ4n) is 1.95. The number of amides is 1. The SMILES string of the molecule is CCCN(CC(=O)N(C)C)c1nnc(C)c(C)c1C(N)=S. The summed E-state index contributed by atoms with van der Waals surface area (Å²) in [5.41, 5.74) is 8.25. The van der Waals surface area contributed by atoms with Gasteiger partial charge in [0.2, 0.25) is 5.91 Å². The van der Waals surface area contributed by atoms with Crippen molar-refractivity contribution in [3.05, 3.63) is 16.8 Å². The van der Waals surface area contributed by atoms with Crippen molar-refractivity contribution < 1.29 is 4.79 Å². The molecule has 1 amide bonds. The molecule has 0 aliphatic carbocycles. The van der Waals surface area contributed by atoms with Crippen molar-refractivity contribution in [1.82, 2.24) is 15.1 Å². The van der Waals surface area contributed by atoms with Gasteiger partial charge in [-0.05, 0) is 25.8 Å². The molecule has 6 nitrogen and oxygen atoms in total. The van der Waals surface area contributed by atoms with Crippen LogP contribution in [0.2, 0.25) is 0 Å². The van der Waals surface area contributed by atoms with E-state index in [-0.39, 0.29) is 17.4 Å². The highest BCUT2D eigenvalue weighted by Crippen LogP contribution is 2.22. The van der Waals surface area contributed by atoms with Gasteiger partial charge in [0.25, 0.3) is 0 Å². The van der Waals surface area contributed by atoms with E-state index in [9.17, 15) is 4.79 Å². The summed E-state index contributed by atoms with van der Waals surface area (Å²) >= 11 is 5.15. The van der Waals surface area contributed by atoms with E-state index in [2.05, 4.69) is 10.2 Å². The lowest BCUT2D eigenvalue weighted by atomic mass is 10.1. The van der Waals surface area contributed by atoms with E-state index in [1.54, 1.807) is 19.0 Å². The molecule has 7 heteroatoms. The first-order chi connectivity index (χ1) is 9.79. The van der Waals surface area contributed by atoms with Gasteiger partial charge in [0.15, 0.2) is 5.82 Å². The highest BCUT2D eigenvalue weighted by Gasteiger charge is 2.21. The minimum atomic E-state index is -0.00244. The van der Waals surface area contributed by atoms with Crippen molar-refractivity contribution in [2.45, 2.75) is 27.2 Å². The van der Waals surface area contributed by atoms with E-state index in [0.717, 1.165) is 17.7 Å². The lowest BCUT2D eigenvalue weighted by Gasteiger charge is -2.26. The van der Waals surface area contributed by atoms with Crippen molar-refractivity contribution in [2.75, 3.05) is 32.1 Å². The first kappa shape index (κ1) is 17.3. The molecule has 1 rings (SSSR count). The van der Waals surface area contributed by atoms with Crippen LogP contribution < -0.4 is 10.6 Å². The van der Waals surface area contributed by atoms with Crippen LogP contribution in [0.5, 0.6) is 0 Å². The van der Waals surface area contributed by atoms with E-state index in [1.165, 1.54) is 0 Å². The highest BCUT2D eigenvalue weighted by atomic mass is 32.1. The summed E-state index contributed by atoms with van der Waals surface area (Å²) in [6, 6.07) is 0. The molecule has 1 heterocycles. The molecular weight excluding hydrogens is 286 g/mol. The Morgan fingerprint density at radius 1 is 1.29 bits per heavy atom. The fraction of sp³-hybridized carbons (Fsp3) is 0.571. The van der Waals surface area contributed by atoms with Gasteiger partial charge in [0, 0.05) is 20.6 Å². The molecule has 21 heavy (non-hydrogen) atoms. The average molecular weight is 309 g/mol. The molecule has 0 radical (unpaired) electrons. The summed E-state index contributed by atoms with van der Waals surface area (Å²) in [6.07, 6.45) is 0.881. The summed E-state index contributed by atoms with van der Waals surface area (Å²) in [7, 11) is 3.46. The normalized spacial score (nSPS) is 10.3. The van der Waals surface area contributed by atoms with Crippen molar-refractivity contribution in [2.24, 2.45) is 5.73 Å². The Morgan fingerprint density at radius 2 is 1.90 bits per heavy atom. The Morgan fingerprint density at radius 3 is 2.38 bits per heavy atom. The van der Waals surface area contributed by atoms with Crippen molar-refractivity contribution >= 4 is 28.9 Å². The van der Waals surface area contributed by atoms with Crippen molar-refractivity contribution in [3.8, 4) is 0 Å². The molecule has 1 aromatic rings. The Labute approximate surface area is 131 Å². The Hall–Kier alpha value is -1.76. The number of nitrogens with two attached hydrogens (primary N) is 1. The predicted octanol–water partition coefficient (Wildman–Crippen LogP) is 1.03. The van der Waals surface area contributed by atoms with E-state index in [4.69, 9.17) is 18.0 Å². The van der Waals surface area contributed by atoms with Crippen LogP contribution in [0.3, 0.4) is 0 Å². The lowest BCUT2D eigenvalue weighted by Crippen LogP contribution is -2.39. The molecule has 0 fully saturated rings. The Kier molecular flexibility index (Phi) is 6.02. The van der Waals surface area contributed by atoms with Gasteiger partial charge in [-0.3, -0.25) is 4.79 Å². The standard InChI is InChI=1S/C14H23N5OS/c1-6-7-19(8-11(20)18(4)5)14-12(13(15)21)9(2)10(3)16-17-14/h6-8H2,1-5H3,(H2,15,21). The topological polar surface area (TPSA) is 75.4 Å². The summed E-state index contributed by atoms with van der Waals surface area (Å²) in [6.45, 7) is 6.74. The summed E-state index contributed by atoms with van der Waals surface area (Å²) in [5, 5.41) is 8.37. The average Bonchev–Trinajstić information content (AvgIpc) is 2.40. The number of hydrogen-bond acceptors (Lipinski definition) is 5. The number of anilines is 1. The van der Waals surface area contributed by atoms with Crippen LogP contribution in [0.4, 0.5) is 5.82 Å². The van der Waals surface area contributed by atoms with Crippen LogP contribution in [-0.4, -0.2) is 53.2 Å². The first-order valence-corrected chi connectivity index (χ1v) is 7.29. The molecule has 0 aromatic carbocycles. The van der Waals surface area contributed by atoms with Gasteiger partial charge < -0.3 is 15.5 Å². The highest BCUT2D eigenvalue weighted by molar-refractivity contribution is 7.80. The zero-order valence-electron chi connectivity index (χ0n) is 13.3. The Balaban J connectivity index is 3.28. The molecule has 2 N–H and O–H groups in total. The number of rotatable bonds is 6. The second kappa shape index (κ2) is 7.31. The van der Waals surface area contributed by atoms with Crippen LogP contribution >= 0.6 is 12.2 Å². The van der Waals surface area contributed by atoms with E-state index in [1.807, 2.05) is 25.7 Å². The zero-order chi connectivity index (χ0) is 16.2. The molecule has 0 saturated heterocycles. The number of aryl methyl sites for hydroxylation is 1. The number of hydrogen-bond donors (Lipinski definition) is 1. The van der Waals surface area contributed by atoms with Crippen LogP contribution in [0.1, 0.15) is 30.2 Å². The van der Waals surface area contributed by atoms with E-state index < -0.39 is 0 Å². The Bertz CT molecular complexity index is 544. The minimum Gasteiger partial charge on any atom is -0.389 e. The summed E-state index contributed by atoms with van der Waals surface area (Å²) in [4.78, 5) is 15.7. The van der Waals surface area contributed by atoms with Gasteiger partial charge in [0.1, 0.15) is 4.99 Å². The lowest BCUT2D eigenvalue weighted by molar-refractivity contribution is -0.127. The third kappa shape index (κ3) is 4.10. The number of thiocarbonyl (C=S) groups is 1. The molecule has 1 aromatic heterocycles. The molecule has 0 spiro atoms. The van der Waals surface area contributed by atoms with Gasteiger partial charge in [-0.15, -0.1) is 5.10 Å². The second-order valence-electron chi connectivity index (χ2n) is 5.18. The molecule has 116 valence electrons. The summed E-state index contributed by atoms with van der Waals surface area (Å²) in [5.74, 6) is 0.583. The summed E-state index contributed by atoms with van der Waals surface area (Å²) < 4.78 is 0. The van der Waals surface area contributed by atoms with E-state index >= 15 is 0 Å². The predicted molar refractivity (Wildman–Crippen MR) is 88.6 cm³/mol. The molecular formula is C14H23N5OS. The van der Waals surface area contributed by atoms with Crippen molar-refractivity contribution in [3.63, 3.8) is 0 Å². The van der Waals surface area contributed by atoms with Crippen LogP contribution in [0.15, 0.2) is 0 Å². The van der Waals surface area contributed by atoms with E-state index in [0.29, 0.717) is 17.9 Å². The smallest absolute Gasteiger partial charge is 0.241 e.